The molecule has 1 aromatic rings. The lowest BCUT2D eigenvalue weighted by atomic mass is 10.0. The van der Waals surface area contributed by atoms with Gasteiger partial charge in [-0.1, -0.05) is 31.5 Å². The lowest BCUT2D eigenvalue weighted by Gasteiger charge is -2.13. The van der Waals surface area contributed by atoms with Gasteiger partial charge in [-0.2, -0.15) is 0 Å². The summed E-state index contributed by atoms with van der Waals surface area (Å²) in [5.41, 5.74) is 0. The van der Waals surface area contributed by atoms with Gasteiger partial charge in [-0.3, -0.25) is 0 Å². The Morgan fingerprint density at radius 2 is 1.90 bits per heavy atom. The summed E-state index contributed by atoms with van der Waals surface area (Å²) < 4.78 is 16.4. The second-order valence-corrected chi connectivity index (χ2v) is 5.06. The molecule has 0 heterocycles. The summed E-state index contributed by atoms with van der Waals surface area (Å²) in [7, 11) is 1.67. The van der Waals surface area contributed by atoms with E-state index in [2.05, 4.69) is 13.0 Å². The van der Waals surface area contributed by atoms with Crippen molar-refractivity contribution in [1.29, 1.82) is 0 Å². The Morgan fingerprint density at radius 3 is 2.62 bits per heavy atom. The van der Waals surface area contributed by atoms with Crippen molar-refractivity contribution < 1.29 is 14.2 Å². The van der Waals surface area contributed by atoms with E-state index in [-0.39, 0.29) is 0 Å². The second-order valence-electron chi connectivity index (χ2n) is 5.06. The Morgan fingerprint density at radius 1 is 1.10 bits per heavy atom. The van der Waals surface area contributed by atoms with Crippen LogP contribution in [-0.4, -0.2) is 26.9 Å². The van der Waals surface area contributed by atoms with Crippen LogP contribution in [0.4, 0.5) is 0 Å². The highest BCUT2D eigenvalue weighted by atomic mass is 16.5. The van der Waals surface area contributed by atoms with Crippen molar-refractivity contribution in [2.45, 2.75) is 32.6 Å². The molecule has 0 N–H and O–H groups in total. The Bertz CT molecular complexity index is 362. The molecule has 0 aromatic heterocycles. The molecule has 1 atom stereocenters. The lowest BCUT2D eigenvalue weighted by molar-refractivity contribution is 0.104. The highest BCUT2D eigenvalue weighted by Gasteiger charge is 2.06. The number of ether oxygens (including phenoxy) is 3. The van der Waals surface area contributed by atoms with Crippen molar-refractivity contribution in [2.75, 3.05) is 26.9 Å². The standard InChI is InChI=1S/C18H28O3/c1-3-4-13-20-16-17(12-15-19-2)9-8-14-21-18-10-6-5-7-11-18/h5-7,10-12,15,17H,3-4,8-9,13-14,16H2,1-2H3. The molecule has 0 aliphatic carbocycles. The van der Waals surface area contributed by atoms with Crippen LogP contribution in [0.5, 0.6) is 5.75 Å². The summed E-state index contributed by atoms with van der Waals surface area (Å²) in [6, 6.07) is 9.93. The van der Waals surface area contributed by atoms with E-state index in [1.807, 2.05) is 30.3 Å². The molecule has 21 heavy (non-hydrogen) atoms. The van der Waals surface area contributed by atoms with Crippen LogP contribution >= 0.6 is 0 Å². The van der Waals surface area contributed by atoms with Crippen molar-refractivity contribution in [2.24, 2.45) is 5.92 Å². The van der Waals surface area contributed by atoms with Crippen molar-refractivity contribution in [3.8, 4) is 5.75 Å². The van der Waals surface area contributed by atoms with Gasteiger partial charge in [0.05, 0.1) is 26.6 Å². The summed E-state index contributed by atoms with van der Waals surface area (Å²) in [5.74, 6) is 1.32. The van der Waals surface area contributed by atoms with Crippen LogP contribution in [0.15, 0.2) is 42.7 Å². The highest BCUT2D eigenvalue weighted by molar-refractivity contribution is 5.20. The average Bonchev–Trinajstić information content (AvgIpc) is 2.53. The number of methoxy groups -OCH3 is 1. The van der Waals surface area contributed by atoms with E-state index < -0.39 is 0 Å². The average molecular weight is 292 g/mol. The second kappa shape index (κ2) is 12.3. The monoisotopic (exact) mass is 292 g/mol. The van der Waals surface area contributed by atoms with E-state index in [4.69, 9.17) is 14.2 Å². The molecule has 1 aromatic carbocycles. The smallest absolute Gasteiger partial charge is 0.119 e. The van der Waals surface area contributed by atoms with Gasteiger partial charge in [0, 0.05) is 12.5 Å². The maximum Gasteiger partial charge on any atom is 0.119 e. The maximum absolute atomic E-state index is 5.71. The number of unbranched alkanes of at least 4 members (excludes halogenated alkanes) is 1. The molecule has 3 heteroatoms. The minimum Gasteiger partial charge on any atom is -0.505 e. The van der Waals surface area contributed by atoms with Crippen molar-refractivity contribution in [3.05, 3.63) is 42.7 Å². The first-order chi connectivity index (χ1) is 10.4. The SMILES string of the molecule is CCCCOCC(C=COC)CCCOc1ccccc1. The molecule has 1 rings (SSSR count). The third-order valence-corrected chi connectivity index (χ3v) is 3.19. The maximum atomic E-state index is 5.71. The highest BCUT2D eigenvalue weighted by Crippen LogP contribution is 2.13. The van der Waals surface area contributed by atoms with Gasteiger partial charge in [0.15, 0.2) is 0 Å². The van der Waals surface area contributed by atoms with Gasteiger partial charge < -0.3 is 14.2 Å². The zero-order valence-corrected chi connectivity index (χ0v) is 13.3. The molecule has 0 aliphatic rings. The summed E-state index contributed by atoms with van der Waals surface area (Å²) in [6.45, 7) is 4.50. The molecule has 1 unspecified atom stereocenters. The molecular weight excluding hydrogens is 264 g/mol. The van der Waals surface area contributed by atoms with E-state index in [1.54, 1.807) is 13.4 Å². The van der Waals surface area contributed by atoms with Crippen LogP contribution in [0.25, 0.3) is 0 Å². The van der Waals surface area contributed by atoms with Gasteiger partial charge in [0.25, 0.3) is 0 Å². The summed E-state index contributed by atoms with van der Waals surface area (Å²) >= 11 is 0. The zero-order valence-electron chi connectivity index (χ0n) is 13.3. The summed E-state index contributed by atoms with van der Waals surface area (Å²) in [5, 5.41) is 0. The minimum atomic E-state index is 0.390. The van der Waals surface area contributed by atoms with Crippen molar-refractivity contribution in [1.82, 2.24) is 0 Å². The Hall–Kier alpha value is -1.48. The van der Waals surface area contributed by atoms with Crippen molar-refractivity contribution >= 4 is 0 Å². The predicted octanol–water partition coefficient (Wildman–Crippen LogP) is 4.44. The fraction of sp³-hybridized carbons (Fsp3) is 0.556. The van der Waals surface area contributed by atoms with Gasteiger partial charge in [-0.25, -0.2) is 0 Å². The Balaban J connectivity index is 2.20. The molecular formula is C18H28O3. The van der Waals surface area contributed by atoms with Crippen LogP contribution in [0.1, 0.15) is 32.6 Å². The van der Waals surface area contributed by atoms with E-state index >= 15 is 0 Å². The minimum absolute atomic E-state index is 0.390. The van der Waals surface area contributed by atoms with E-state index in [1.165, 1.54) is 6.42 Å². The third-order valence-electron chi connectivity index (χ3n) is 3.19. The lowest BCUT2D eigenvalue weighted by Crippen LogP contribution is -2.10. The molecule has 118 valence electrons. The zero-order chi connectivity index (χ0) is 15.2. The number of hydrogen-bond acceptors (Lipinski definition) is 3. The number of para-hydroxylation sites is 1. The Labute approximate surface area is 128 Å². The summed E-state index contributed by atoms with van der Waals surface area (Å²) in [6.07, 6.45) is 8.16. The van der Waals surface area contributed by atoms with Gasteiger partial charge in [-0.15, -0.1) is 0 Å². The molecule has 0 bridgehead atoms. The van der Waals surface area contributed by atoms with Gasteiger partial charge in [-0.05, 0) is 37.5 Å². The number of rotatable bonds is 12. The van der Waals surface area contributed by atoms with E-state index in [0.29, 0.717) is 5.92 Å². The number of hydrogen-bond donors (Lipinski definition) is 0. The van der Waals surface area contributed by atoms with Gasteiger partial charge in [0.2, 0.25) is 0 Å². The quantitative estimate of drug-likeness (QED) is 0.421. The molecule has 0 fully saturated rings. The fourth-order valence-corrected chi connectivity index (χ4v) is 1.96. The summed E-state index contributed by atoms with van der Waals surface area (Å²) in [4.78, 5) is 0. The van der Waals surface area contributed by atoms with Crippen LogP contribution in [0, 0.1) is 5.92 Å². The van der Waals surface area contributed by atoms with Crippen LogP contribution in [0.3, 0.4) is 0 Å². The first-order valence-electron chi connectivity index (χ1n) is 7.82. The van der Waals surface area contributed by atoms with Gasteiger partial charge >= 0.3 is 0 Å². The first-order valence-corrected chi connectivity index (χ1v) is 7.82. The van der Waals surface area contributed by atoms with E-state index in [9.17, 15) is 0 Å². The molecule has 0 radical (unpaired) electrons. The van der Waals surface area contributed by atoms with Crippen LogP contribution in [-0.2, 0) is 9.47 Å². The molecule has 0 aliphatic heterocycles. The largest absolute Gasteiger partial charge is 0.505 e. The van der Waals surface area contributed by atoms with Crippen molar-refractivity contribution in [3.63, 3.8) is 0 Å². The normalized spacial score (nSPS) is 12.5. The fourth-order valence-electron chi connectivity index (χ4n) is 1.96. The number of benzene rings is 1. The molecule has 0 amide bonds. The van der Waals surface area contributed by atoms with Crippen LogP contribution < -0.4 is 4.74 Å². The van der Waals surface area contributed by atoms with Crippen LogP contribution in [0.2, 0.25) is 0 Å². The topological polar surface area (TPSA) is 27.7 Å². The first kappa shape index (κ1) is 17.6. The molecule has 0 saturated heterocycles. The third kappa shape index (κ3) is 9.14. The Kier molecular flexibility index (Phi) is 10.3. The van der Waals surface area contributed by atoms with E-state index in [0.717, 1.165) is 44.8 Å². The molecule has 0 saturated carbocycles. The molecule has 3 nitrogen and oxygen atoms in total. The molecule has 0 spiro atoms. The predicted molar refractivity (Wildman–Crippen MR) is 86.5 cm³/mol. The van der Waals surface area contributed by atoms with Gasteiger partial charge in [0.1, 0.15) is 5.75 Å².